The quantitative estimate of drug-likeness (QED) is 0.436. The highest BCUT2D eigenvalue weighted by molar-refractivity contribution is 5.95. The highest BCUT2D eigenvalue weighted by atomic mass is 16.5. The lowest BCUT2D eigenvalue weighted by molar-refractivity contribution is -0.126. The van der Waals surface area contributed by atoms with E-state index in [4.69, 9.17) is 14.7 Å². The molecule has 6 rings (SSSR count). The normalized spacial score (nSPS) is 17.4. The van der Waals surface area contributed by atoms with Gasteiger partial charge in [0.25, 0.3) is 0 Å². The van der Waals surface area contributed by atoms with Crippen molar-refractivity contribution >= 4 is 28.2 Å². The molecule has 0 spiro atoms. The van der Waals surface area contributed by atoms with E-state index >= 15 is 0 Å². The smallest absolute Gasteiger partial charge is 0.318 e. The molecule has 3 aliphatic heterocycles. The second kappa shape index (κ2) is 14.1. The number of aromatic hydroxyl groups is 1. The molecule has 0 radical (unpaired) electrons. The average molecular weight is 588 g/mol. The Morgan fingerprint density at radius 1 is 1.00 bits per heavy atom. The van der Waals surface area contributed by atoms with Gasteiger partial charge in [0.05, 0.1) is 19.3 Å². The zero-order valence-electron chi connectivity index (χ0n) is 26.0. The fraction of sp³-hybridized carbons (Fsp3) is 0.485. The summed E-state index contributed by atoms with van der Waals surface area (Å²) in [6, 6.07) is 12.1. The van der Waals surface area contributed by atoms with Crippen LogP contribution >= 0.6 is 0 Å². The summed E-state index contributed by atoms with van der Waals surface area (Å²) >= 11 is 0. The minimum Gasteiger partial charge on any atom is -0.508 e. The topological polar surface area (TPSA) is 88.5 Å². The van der Waals surface area contributed by atoms with E-state index in [0.29, 0.717) is 38.7 Å². The summed E-state index contributed by atoms with van der Waals surface area (Å²) in [5.41, 5.74) is 3.06. The van der Waals surface area contributed by atoms with Crippen LogP contribution in [-0.4, -0.2) is 116 Å². The van der Waals surface area contributed by atoms with E-state index in [2.05, 4.69) is 27.8 Å². The Hall–Kier alpha value is -3.89. The van der Waals surface area contributed by atoms with Crippen molar-refractivity contribution in [2.24, 2.45) is 0 Å². The molecule has 0 bridgehead atoms. The lowest BCUT2D eigenvalue weighted by Crippen LogP contribution is -2.49. The second-order valence-corrected chi connectivity index (χ2v) is 11.8. The van der Waals surface area contributed by atoms with Crippen LogP contribution < -0.4 is 14.5 Å². The van der Waals surface area contributed by atoms with Gasteiger partial charge in [0.1, 0.15) is 11.6 Å². The maximum absolute atomic E-state index is 12.6. The summed E-state index contributed by atoms with van der Waals surface area (Å²) in [7, 11) is 7.73. The number of rotatable bonds is 6. The van der Waals surface area contributed by atoms with Crippen LogP contribution in [-0.2, 0) is 17.8 Å². The number of ether oxygens (including phenoxy) is 1. The Kier molecular flexibility index (Phi) is 9.99. The first-order chi connectivity index (χ1) is 20.8. The Balaban J connectivity index is 0.000000548. The molecule has 2 fully saturated rings. The van der Waals surface area contributed by atoms with Gasteiger partial charge < -0.3 is 34.3 Å². The van der Waals surface area contributed by atoms with Gasteiger partial charge in [0, 0.05) is 68.0 Å². The molecule has 1 amide bonds. The molecule has 230 valence electrons. The van der Waals surface area contributed by atoms with Gasteiger partial charge in [-0.3, -0.25) is 4.79 Å². The minimum atomic E-state index is 0.0535. The summed E-state index contributed by atoms with van der Waals surface area (Å²) < 4.78 is 5.48. The number of piperazine rings is 1. The summed E-state index contributed by atoms with van der Waals surface area (Å²) in [6.07, 6.45) is 7.19. The van der Waals surface area contributed by atoms with Crippen molar-refractivity contribution in [1.82, 2.24) is 24.7 Å². The number of amides is 1. The number of nitrogens with zero attached hydrogens (tertiary/aromatic N) is 7. The van der Waals surface area contributed by atoms with Crippen LogP contribution in [0.4, 0.5) is 11.5 Å². The molecule has 2 aromatic carbocycles. The van der Waals surface area contributed by atoms with E-state index in [1.54, 1.807) is 19.3 Å². The van der Waals surface area contributed by atoms with Crippen molar-refractivity contribution in [1.29, 1.82) is 0 Å². The zero-order chi connectivity index (χ0) is 30.3. The van der Waals surface area contributed by atoms with Gasteiger partial charge in [-0.2, -0.15) is 9.97 Å². The van der Waals surface area contributed by atoms with Gasteiger partial charge in [0.2, 0.25) is 5.91 Å². The number of likely N-dealkylation sites (tertiary alicyclic amines) is 1. The third-order valence-electron chi connectivity index (χ3n) is 8.32. The molecule has 0 aliphatic carbocycles. The average Bonchev–Trinajstić information content (AvgIpc) is 3.50. The number of phenolic OH excluding ortho intramolecular Hbond substituents is 1. The number of hydrogen-bond donors (Lipinski definition) is 1. The molecule has 0 saturated carbocycles. The summed E-state index contributed by atoms with van der Waals surface area (Å²) in [5, 5.41) is 12.5. The number of methoxy groups -OCH3 is 1. The number of benzene rings is 2. The Morgan fingerprint density at radius 3 is 2.42 bits per heavy atom. The molecular weight excluding hydrogens is 542 g/mol. The van der Waals surface area contributed by atoms with Crippen molar-refractivity contribution < 1.29 is 14.6 Å². The van der Waals surface area contributed by atoms with Gasteiger partial charge in [-0.1, -0.05) is 30.3 Å². The third kappa shape index (κ3) is 7.55. The lowest BCUT2D eigenvalue weighted by Gasteiger charge is -2.38. The number of aromatic nitrogens is 2. The molecule has 10 heteroatoms. The first kappa shape index (κ1) is 30.6. The largest absolute Gasteiger partial charge is 0.508 e. The van der Waals surface area contributed by atoms with Gasteiger partial charge in [-0.15, -0.1) is 0 Å². The zero-order valence-corrected chi connectivity index (χ0v) is 26.0. The van der Waals surface area contributed by atoms with Crippen molar-refractivity contribution in [3.8, 4) is 11.8 Å². The number of phenols is 1. The molecule has 0 unspecified atom stereocenters. The summed E-state index contributed by atoms with van der Waals surface area (Å²) in [6.45, 7) is 7.48. The summed E-state index contributed by atoms with van der Waals surface area (Å²) in [4.78, 5) is 32.8. The third-order valence-corrected chi connectivity index (χ3v) is 8.32. The van der Waals surface area contributed by atoms with Crippen molar-refractivity contribution in [2.75, 3.05) is 90.4 Å². The molecule has 10 nitrogen and oxygen atoms in total. The fourth-order valence-corrected chi connectivity index (χ4v) is 5.97. The monoisotopic (exact) mass is 587 g/mol. The molecule has 3 aromatic rings. The molecule has 3 aliphatic rings. The van der Waals surface area contributed by atoms with Crippen LogP contribution in [0.5, 0.6) is 11.8 Å². The van der Waals surface area contributed by atoms with Gasteiger partial charge >= 0.3 is 6.01 Å². The molecule has 4 heterocycles. The fourth-order valence-electron chi connectivity index (χ4n) is 5.97. The second-order valence-electron chi connectivity index (χ2n) is 11.8. The lowest BCUT2D eigenvalue weighted by atomic mass is 10.0. The number of likely N-dealkylation sites (N-methyl/N-ethyl adjacent to an activating group) is 1. The van der Waals surface area contributed by atoms with Crippen LogP contribution in [0, 0.1) is 0 Å². The first-order valence-corrected chi connectivity index (χ1v) is 15.3. The summed E-state index contributed by atoms with van der Waals surface area (Å²) in [5.74, 6) is 1.21. The molecule has 1 N–H and O–H groups in total. The number of anilines is 2. The standard InChI is InChI=1S/C28H34N6O3.C5H11N/c1-31(2)11-6-9-26(36)32-13-15-33(16-14-32)27-23-10-12-34(19-24(23)29-28(30-27)37-3)25-18-21(35)17-20-7-4-5-8-22(20)25;1-6-4-2-3-5-6/h4-9,17-18,35H,10-16,19H2,1-3H3;2-5H2,1H3/b9-6+;. The minimum absolute atomic E-state index is 0.0535. The van der Waals surface area contributed by atoms with E-state index < -0.39 is 0 Å². The number of fused-ring (bicyclic) bond motifs is 2. The first-order valence-electron chi connectivity index (χ1n) is 15.3. The van der Waals surface area contributed by atoms with Gasteiger partial charge in [-0.05, 0) is 64.9 Å². The van der Waals surface area contributed by atoms with E-state index in [1.165, 1.54) is 25.9 Å². The highest BCUT2D eigenvalue weighted by Crippen LogP contribution is 2.36. The van der Waals surface area contributed by atoms with E-state index in [9.17, 15) is 9.90 Å². The van der Waals surface area contributed by atoms with Crippen LogP contribution in [0.1, 0.15) is 24.1 Å². The van der Waals surface area contributed by atoms with E-state index in [-0.39, 0.29) is 11.7 Å². The van der Waals surface area contributed by atoms with Crippen molar-refractivity contribution in [3.63, 3.8) is 0 Å². The molecular formula is C33H45N7O3. The Labute approximate surface area is 255 Å². The maximum Gasteiger partial charge on any atom is 0.318 e. The van der Waals surface area contributed by atoms with Crippen LogP contribution in [0.2, 0.25) is 0 Å². The van der Waals surface area contributed by atoms with Crippen molar-refractivity contribution in [3.05, 3.63) is 59.8 Å². The number of carbonyl (C=O) groups is 1. The Morgan fingerprint density at radius 2 is 1.74 bits per heavy atom. The number of hydrogen-bond acceptors (Lipinski definition) is 9. The molecule has 1 aromatic heterocycles. The number of carbonyl (C=O) groups excluding carboxylic acids is 1. The highest BCUT2D eigenvalue weighted by Gasteiger charge is 2.29. The van der Waals surface area contributed by atoms with E-state index in [1.807, 2.05) is 54.2 Å². The van der Waals surface area contributed by atoms with Crippen molar-refractivity contribution in [2.45, 2.75) is 25.8 Å². The van der Waals surface area contributed by atoms with Gasteiger partial charge in [0.15, 0.2) is 0 Å². The van der Waals surface area contributed by atoms with Crippen LogP contribution in [0.15, 0.2) is 48.6 Å². The molecule has 43 heavy (non-hydrogen) atoms. The van der Waals surface area contributed by atoms with E-state index in [0.717, 1.165) is 53.0 Å². The molecule has 2 saturated heterocycles. The van der Waals surface area contributed by atoms with Gasteiger partial charge in [-0.25, -0.2) is 0 Å². The predicted octanol–water partition coefficient (Wildman–Crippen LogP) is 3.39. The predicted molar refractivity (Wildman–Crippen MR) is 172 cm³/mol. The Bertz CT molecular complexity index is 1430. The SMILES string of the molecule is CN1CCCC1.COc1nc2c(c(N3CCN(C(=O)/C=C/CN(C)C)CC3)n1)CCN(c1cc(O)cc3ccccc13)C2. The van der Waals surface area contributed by atoms with Crippen LogP contribution in [0.3, 0.4) is 0 Å². The van der Waals surface area contributed by atoms with Crippen LogP contribution in [0.25, 0.3) is 10.8 Å². The molecule has 0 atom stereocenters. The maximum atomic E-state index is 12.6.